The summed E-state index contributed by atoms with van der Waals surface area (Å²) in [4.78, 5) is 61.9. The zero-order valence-electron chi connectivity index (χ0n) is 69.3. The van der Waals surface area contributed by atoms with Gasteiger partial charge in [-0.05, 0) is 195 Å². The van der Waals surface area contributed by atoms with Crippen LogP contribution in [0.25, 0.3) is 55.8 Å². The van der Waals surface area contributed by atoms with Gasteiger partial charge in [0.05, 0.1) is 44.8 Å². The number of nitrogens with zero attached hydrogens (tertiary/aromatic N) is 4. The van der Waals surface area contributed by atoms with Gasteiger partial charge in [0.1, 0.15) is 109 Å². The zero-order chi connectivity index (χ0) is 89.4. The molecule has 4 heterocycles. The normalized spacial score (nSPS) is 11.2. The molecule has 646 valence electrons. The van der Waals surface area contributed by atoms with Gasteiger partial charge in [0.2, 0.25) is 0 Å². The minimum absolute atomic E-state index is 0.242. The Labute approximate surface area is 747 Å². The molecule has 2 unspecified atom stereocenters. The molecule has 0 aliphatic rings. The Morgan fingerprint density at radius 3 is 1.12 bits per heavy atom. The summed E-state index contributed by atoms with van der Waals surface area (Å²) in [6.45, 7) is 4.36. The predicted octanol–water partition coefficient (Wildman–Crippen LogP) is 22.1. The maximum absolute atomic E-state index is 11.1. The Hall–Kier alpha value is -15.7. The fraction of sp³-hybridized carbons (Fsp3) is 0.126. The first kappa shape index (κ1) is 90.0. The van der Waals surface area contributed by atoms with Crippen LogP contribution in [0.2, 0.25) is 10.0 Å². The number of para-hydroxylation sites is 5. The van der Waals surface area contributed by atoms with E-state index in [4.69, 9.17) is 95.7 Å². The number of hydrogen-bond donors (Lipinski definition) is 4. The second-order valence-corrected chi connectivity index (χ2v) is 29.4. The average Bonchev–Trinajstić information content (AvgIpc) is 0.824. The number of carbonyl (C=O) groups is 4. The van der Waals surface area contributed by atoms with E-state index in [0.29, 0.717) is 99.7 Å². The van der Waals surface area contributed by atoms with Crippen LogP contribution in [0.5, 0.6) is 63.2 Å². The summed E-state index contributed by atoms with van der Waals surface area (Å²) >= 11 is 12.1. The summed E-state index contributed by atoms with van der Waals surface area (Å²) in [7, 11) is 0. The van der Waals surface area contributed by atoms with E-state index >= 15 is 0 Å². The Kier molecular flexibility index (Phi) is 32.1. The molecule has 0 amide bonds. The van der Waals surface area contributed by atoms with Crippen molar-refractivity contribution in [2.75, 3.05) is 13.2 Å². The number of aliphatic carboxylic acids is 4. The lowest BCUT2D eigenvalue weighted by Gasteiger charge is -2.15. The Bertz CT molecular complexity index is 6480. The van der Waals surface area contributed by atoms with E-state index in [1.54, 1.807) is 54.6 Å². The summed E-state index contributed by atoms with van der Waals surface area (Å²) in [5.41, 5.74) is 11.1. The molecule has 4 N–H and O–H groups in total. The number of benzene rings is 12. The maximum Gasteiger partial charge on any atom is 0.344 e. The van der Waals surface area contributed by atoms with Crippen molar-refractivity contribution in [3.05, 3.63) is 388 Å². The lowest BCUT2D eigenvalue weighted by Crippen LogP contribution is -2.23. The van der Waals surface area contributed by atoms with E-state index in [0.717, 1.165) is 94.2 Å². The first-order valence-electron chi connectivity index (χ1n) is 40.4. The highest BCUT2D eigenvalue weighted by Gasteiger charge is 2.18. The van der Waals surface area contributed by atoms with Gasteiger partial charge in [-0.25, -0.2) is 39.1 Å². The third-order valence-electron chi connectivity index (χ3n) is 19.1. The second kappa shape index (κ2) is 45.6. The van der Waals surface area contributed by atoms with Gasteiger partial charge in [0.15, 0.2) is 25.4 Å². The lowest BCUT2D eigenvalue weighted by atomic mass is 10.1. The second-order valence-electron chi connectivity index (χ2n) is 28.6. The van der Waals surface area contributed by atoms with Crippen LogP contribution in [0.3, 0.4) is 0 Å². The van der Waals surface area contributed by atoms with Gasteiger partial charge in [0.25, 0.3) is 0 Å². The van der Waals surface area contributed by atoms with Crippen molar-refractivity contribution in [1.29, 1.82) is 0 Å². The van der Waals surface area contributed by atoms with E-state index < -0.39 is 42.7 Å². The number of hydrogen-bond acceptors (Lipinski definition) is 19. The SMILES string of the molecule is CC(Oc1ccccc1COc1ccc(/C=C/c2ccc3ccc(Cl)cc3n2)cc1)C(=O)O.CC(Oc1ccccc1COc1ccc(OCc2ccc3ccc(Cl)cc3n2)cc1)C(=O)O.O=C(O)COc1cccc(COc2cccc(OCc3ccc4ccccc4n3)c2)c1.O=C(O)COc1ccccc1COc1ccc(OCc2ccc3ccccc3n2)cc1. The molecule has 0 aliphatic carbocycles. The zero-order valence-corrected chi connectivity index (χ0v) is 70.8. The van der Waals surface area contributed by atoms with Gasteiger partial charge in [-0.1, -0.05) is 187 Å². The Morgan fingerprint density at radius 2 is 0.648 bits per heavy atom. The van der Waals surface area contributed by atoms with Crippen LogP contribution in [-0.2, 0) is 65.4 Å². The molecule has 0 fully saturated rings. The van der Waals surface area contributed by atoms with Crippen LogP contribution < -0.4 is 52.1 Å². The molecular formula is C103H86Cl2N4O19. The molecule has 12 aromatic carbocycles. The first-order chi connectivity index (χ1) is 62.3. The van der Waals surface area contributed by atoms with E-state index in [1.807, 2.05) is 285 Å². The third kappa shape index (κ3) is 27.9. The van der Waals surface area contributed by atoms with Crippen molar-refractivity contribution >= 4 is 103 Å². The molecule has 0 radical (unpaired) electrons. The molecule has 0 spiro atoms. The highest BCUT2D eigenvalue weighted by molar-refractivity contribution is 6.31. The van der Waals surface area contributed by atoms with Gasteiger partial charge < -0.3 is 72.5 Å². The van der Waals surface area contributed by atoms with Crippen LogP contribution in [0.1, 0.15) is 64.4 Å². The molecule has 16 aromatic rings. The number of fused-ring (bicyclic) bond motifs is 4. The number of rotatable bonds is 35. The monoisotopic (exact) mass is 1750 g/mol. The molecule has 25 heteroatoms. The van der Waals surface area contributed by atoms with Crippen molar-refractivity contribution in [3.63, 3.8) is 0 Å². The van der Waals surface area contributed by atoms with Crippen molar-refractivity contribution in [1.82, 2.24) is 19.9 Å². The van der Waals surface area contributed by atoms with Crippen molar-refractivity contribution in [3.8, 4) is 63.2 Å². The fourth-order valence-corrected chi connectivity index (χ4v) is 12.7. The molecule has 16 rings (SSSR count). The Morgan fingerprint density at radius 1 is 0.297 bits per heavy atom. The molecule has 0 saturated heterocycles. The van der Waals surface area contributed by atoms with E-state index in [9.17, 15) is 19.2 Å². The van der Waals surface area contributed by atoms with Crippen molar-refractivity contribution in [2.24, 2.45) is 0 Å². The molecule has 2 atom stereocenters. The number of carboxylic acid groups (broad SMARTS) is 4. The minimum Gasteiger partial charge on any atom is -0.489 e. The summed E-state index contributed by atoms with van der Waals surface area (Å²) in [6, 6.07) is 102. The number of ether oxygens (including phenoxy) is 11. The van der Waals surface area contributed by atoms with Gasteiger partial charge >= 0.3 is 23.9 Å². The van der Waals surface area contributed by atoms with Crippen molar-refractivity contribution in [2.45, 2.75) is 72.3 Å². The van der Waals surface area contributed by atoms with E-state index in [-0.39, 0.29) is 26.4 Å². The highest BCUT2D eigenvalue weighted by atomic mass is 35.5. The standard InChI is InChI=1S/C27H22ClNO4.C26H22ClNO5.2C25H21NO5/c1-18(27(30)31)33-26-5-3-2-4-21(26)17-32-24-14-7-19(8-15-24)6-12-23-13-10-20-9-11-22(28)16-25(20)29-23;1-17(26(29)30)33-25-5-3-2-4-19(25)15-31-22-10-12-23(13-11-22)32-16-21-9-7-18-6-8-20(27)14-24(18)28-21;27-25(28)17-31-24-8-4-2-6-19(24)15-29-21-11-13-22(14-12-21)30-16-20-10-9-18-5-1-3-7-23(18)26-20;27-25(28)17-31-21-7-3-5-18(13-21)15-29-22-8-4-9-23(14-22)30-16-20-12-11-19-6-1-2-10-24(19)26-20/h2-16,18H,17H2,1H3,(H,30,31);2-14,17H,15-16H2,1H3,(H,29,30);2*1-14H,15-17H2,(H,27,28)/b12-6+;;;. The molecule has 23 nitrogen and oxygen atoms in total. The summed E-state index contributed by atoms with van der Waals surface area (Å²) < 4.78 is 62.5. The van der Waals surface area contributed by atoms with Gasteiger partial charge in [-0.15, -0.1) is 0 Å². The van der Waals surface area contributed by atoms with Crippen LogP contribution in [0, 0.1) is 0 Å². The highest BCUT2D eigenvalue weighted by Crippen LogP contribution is 2.31. The molecular weight excluding hydrogens is 1670 g/mol. The number of pyridine rings is 4. The minimum atomic E-state index is -1.02. The summed E-state index contributed by atoms with van der Waals surface area (Å²) in [5.74, 6) is 2.67. The topological polar surface area (TPSA) is 302 Å². The molecule has 0 saturated carbocycles. The Balaban J connectivity index is 0.000000146. The predicted molar refractivity (Wildman–Crippen MR) is 489 cm³/mol. The summed E-state index contributed by atoms with van der Waals surface area (Å²) in [5, 5.41) is 41.2. The third-order valence-corrected chi connectivity index (χ3v) is 19.5. The first-order valence-corrected chi connectivity index (χ1v) is 41.1. The maximum atomic E-state index is 11.1. The van der Waals surface area contributed by atoms with Crippen LogP contribution in [-0.4, -0.2) is 89.7 Å². The fourth-order valence-electron chi connectivity index (χ4n) is 12.4. The smallest absolute Gasteiger partial charge is 0.344 e. The molecule has 128 heavy (non-hydrogen) atoms. The van der Waals surface area contributed by atoms with Gasteiger partial charge in [0, 0.05) is 54.3 Å². The largest absolute Gasteiger partial charge is 0.489 e. The van der Waals surface area contributed by atoms with E-state index in [2.05, 4.69) is 19.9 Å². The summed E-state index contributed by atoms with van der Waals surface area (Å²) in [6.07, 6.45) is 2.05. The lowest BCUT2D eigenvalue weighted by molar-refractivity contribution is -0.145. The quantitative estimate of drug-likeness (QED) is 0.0287. The van der Waals surface area contributed by atoms with Crippen LogP contribution in [0.4, 0.5) is 0 Å². The van der Waals surface area contributed by atoms with Crippen LogP contribution in [0.15, 0.2) is 328 Å². The van der Waals surface area contributed by atoms with E-state index in [1.165, 1.54) is 13.8 Å². The van der Waals surface area contributed by atoms with Gasteiger partial charge in [-0.2, -0.15) is 0 Å². The van der Waals surface area contributed by atoms with Crippen LogP contribution >= 0.6 is 23.2 Å². The average molecular weight is 1750 g/mol. The van der Waals surface area contributed by atoms with Crippen molar-refractivity contribution < 1.29 is 91.7 Å². The number of carboxylic acids is 4. The number of halogens is 2. The molecule has 0 aliphatic heterocycles. The molecule has 0 bridgehead atoms. The van der Waals surface area contributed by atoms with Gasteiger partial charge in [-0.3, -0.25) is 0 Å². The molecule has 4 aromatic heterocycles. The number of aromatic nitrogens is 4.